The first-order chi connectivity index (χ1) is 11.2. The number of carbonyl (C=O) groups is 1. The topological polar surface area (TPSA) is 84.5 Å². The third-order valence-electron chi connectivity index (χ3n) is 2.95. The molecular weight excluding hydrogens is 359 g/mol. The second-order valence-corrected chi connectivity index (χ2v) is 6.86. The summed E-state index contributed by atoms with van der Waals surface area (Å²) in [5.41, 5.74) is 0.413. The standard InChI is InChI=1S/C15H14ClFN2O4S/c1-9(20)18-11-4-5-14(23-2)13(8-11)19-24(21,22)15-6-3-10(16)7-12(15)17/h3-8,19H,1-2H3,(H,18,20). The molecule has 6 nitrogen and oxygen atoms in total. The number of hydrogen-bond acceptors (Lipinski definition) is 4. The number of hydrogen-bond donors (Lipinski definition) is 2. The fraction of sp³-hybridized carbons (Fsp3) is 0.133. The van der Waals surface area contributed by atoms with Gasteiger partial charge in [-0.3, -0.25) is 9.52 Å². The third kappa shape index (κ3) is 4.15. The number of carbonyl (C=O) groups excluding carboxylic acids is 1. The van der Waals surface area contributed by atoms with Gasteiger partial charge in [0.25, 0.3) is 10.0 Å². The Balaban J connectivity index is 2.42. The van der Waals surface area contributed by atoms with E-state index in [4.69, 9.17) is 16.3 Å². The normalized spacial score (nSPS) is 11.0. The Morgan fingerprint density at radius 2 is 1.92 bits per heavy atom. The van der Waals surface area contributed by atoms with Gasteiger partial charge in [-0.15, -0.1) is 0 Å². The van der Waals surface area contributed by atoms with E-state index in [0.29, 0.717) is 5.69 Å². The maximum absolute atomic E-state index is 13.9. The van der Waals surface area contributed by atoms with Crippen molar-refractivity contribution >= 4 is 38.9 Å². The number of methoxy groups -OCH3 is 1. The molecule has 0 aliphatic carbocycles. The van der Waals surface area contributed by atoms with Crippen molar-refractivity contribution in [2.24, 2.45) is 0 Å². The number of anilines is 2. The summed E-state index contributed by atoms with van der Waals surface area (Å²) in [4.78, 5) is 10.6. The highest BCUT2D eigenvalue weighted by Gasteiger charge is 2.21. The van der Waals surface area contributed by atoms with Gasteiger partial charge in [-0.2, -0.15) is 0 Å². The van der Waals surface area contributed by atoms with E-state index in [2.05, 4.69) is 10.0 Å². The first-order valence-electron chi connectivity index (χ1n) is 6.66. The van der Waals surface area contributed by atoms with Gasteiger partial charge in [0.2, 0.25) is 5.91 Å². The molecule has 0 heterocycles. The number of amides is 1. The minimum absolute atomic E-state index is 0.0538. The average molecular weight is 373 g/mol. The highest BCUT2D eigenvalue weighted by atomic mass is 35.5. The largest absolute Gasteiger partial charge is 0.495 e. The summed E-state index contributed by atoms with van der Waals surface area (Å²) in [6, 6.07) is 7.61. The van der Waals surface area contributed by atoms with Gasteiger partial charge in [-0.05, 0) is 36.4 Å². The zero-order valence-corrected chi connectivity index (χ0v) is 14.3. The van der Waals surface area contributed by atoms with Crippen LogP contribution in [0.1, 0.15) is 6.92 Å². The molecule has 0 saturated carbocycles. The van der Waals surface area contributed by atoms with Crippen molar-refractivity contribution in [1.82, 2.24) is 0 Å². The highest BCUT2D eigenvalue weighted by Crippen LogP contribution is 2.30. The van der Waals surface area contributed by atoms with Gasteiger partial charge in [-0.1, -0.05) is 11.6 Å². The predicted molar refractivity (Wildman–Crippen MR) is 89.5 cm³/mol. The van der Waals surface area contributed by atoms with Crippen LogP contribution in [0.15, 0.2) is 41.3 Å². The lowest BCUT2D eigenvalue weighted by molar-refractivity contribution is -0.114. The van der Waals surface area contributed by atoms with Crippen LogP contribution >= 0.6 is 11.6 Å². The second kappa shape index (κ2) is 7.06. The molecule has 0 fully saturated rings. The summed E-state index contributed by atoms with van der Waals surface area (Å²) in [5.74, 6) is -1.09. The summed E-state index contributed by atoms with van der Waals surface area (Å²) < 4.78 is 46.0. The maximum atomic E-state index is 13.9. The van der Waals surface area contributed by atoms with Crippen LogP contribution in [0.4, 0.5) is 15.8 Å². The smallest absolute Gasteiger partial charge is 0.264 e. The molecule has 0 atom stereocenters. The van der Waals surface area contributed by atoms with Gasteiger partial charge in [0.15, 0.2) is 0 Å². The molecule has 0 aliphatic rings. The summed E-state index contributed by atoms with van der Waals surface area (Å²) in [6.07, 6.45) is 0. The van der Waals surface area contributed by atoms with Crippen molar-refractivity contribution < 1.29 is 22.3 Å². The SMILES string of the molecule is COc1ccc(NC(C)=O)cc1NS(=O)(=O)c1ccc(Cl)cc1F. The Morgan fingerprint density at radius 3 is 2.50 bits per heavy atom. The first-order valence-corrected chi connectivity index (χ1v) is 8.52. The predicted octanol–water partition coefficient (Wildman–Crippen LogP) is 3.25. The van der Waals surface area contributed by atoms with Crippen molar-refractivity contribution in [3.05, 3.63) is 47.2 Å². The number of halogens is 2. The summed E-state index contributed by atoms with van der Waals surface area (Å²) in [5, 5.41) is 2.60. The van der Waals surface area contributed by atoms with Gasteiger partial charge >= 0.3 is 0 Å². The molecular formula is C15H14ClFN2O4S. The molecule has 0 aromatic heterocycles. The van der Waals surface area contributed by atoms with E-state index in [-0.39, 0.29) is 22.4 Å². The van der Waals surface area contributed by atoms with E-state index in [1.54, 1.807) is 6.07 Å². The van der Waals surface area contributed by atoms with E-state index in [9.17, 15) is 17.6 Å². The average Bonchev–Trinajstić information content (AvgIpc) is 2.46. The summed E-state index contributed by atoms with van der Waals surface area (Å²) in [7, 11) is -2.86. The van der Waals surface area contributed by atoms with E-state index in [0.717, 1.165) is 12.1 Å². The molecule has 2 aromatic rings. The fourth-order valence-corrected chi connectivity index (χ4v) is 3.24. The van der Waals surface area contributed by atoms with Gasteiger partial charge in [0.05, 0.1) is 12.8 Å². The van der Waals surface area contributed by atoms with Crippen LogP contribution in [0.25, 0.3) is 0 Å². The van der Waals surface area contributed by atoms with Crippen LogP contribution < -0.4 is 14.8 Å². The van der Waals surface area contributed by atoms with E-state index in [1.807, 2.05) is 0 Å². The van der Waals surface area contributed by atoms with Crippen LogP contribution in [-0.2, 0) is 14.8 Å². The monoisotopic (exact) mass is 372 g/mol. The Kier molecular flexibility index (Phi) is 5.30. The molecule has 0 radical (unpaired) electrons. The lowest BCUT2D eigenvalue weighted by Crippen LogP contribution is -2.15. The summed E-state index contributed by atoms with van der Waals surface area (Å²) in [6.45, 7) is 1.32. The van der Waals surface area contributed by atoms with Gasteiger partial charge in [-0.25, -0.2) is 12.8 Å². The van der Waals surface area contributed by atoms with Gasteiger partial charge < -0.3 is 10.1 Å². The number of rotatable bonds is 5. The molecule has 24 heavy (non-hydrogen) atoms. The van der Waals surface area contributed by atoms with Crippen molar-refractivity contribution in [2.75, 3.05) is 17.1 Å². The number of sulfonamides is 1. The van der Waals surface area contributed by atoms with Crippen LogP contribution in [0.5, 0.6) is 5.75 Å². The van der Waals surface area contributed by atoms with Crippen LogP contribution in [0.3, 0.4) is 0 Å². The Morgan fingerprint density at radius 1 is 1.21 bits per heavy atom. The molecule has 1 amide bonds. The van der Waals surface area contributed by atoms with Crippen molar-refractivity contribution in [3.8, 4) is 5.75 Å². The fourth-order valence-electron chi connectivity index (χ4n) is 1.96. The Labute approximate surface area is 143 Å². The molecule has 2 aromatic carbocycles. The number of ether oxygens (including phenoxy) is 1. The van der Waals surface area contributed by atoms with E-state index in [1.165, 1.54) is 32.2 Å². The number of benzene rings is 2. The first kappa shape index (κ1) is 18.0. The zero-order chi connectivity index (χ0) is 17.9. The van der Waals surface area contributed by atoms with Crippen molar-refractivity contribution in [3.63, 3.8) is 0 Å². The van der Waals surface area contributed by atoms with Gasteiger partial charge in [0, 0.05) is 17.6 Å². The Bertz CT molecular complexity index is 887. The van der Waals surface area contributed by atoms with Crippen LogP contribution in [0, 0.1) is 5.82 Å². The molecule has 0 spiro atoms. The zero-order valence-electron chi connectivity index (χ0n) is 12.8. The molecule has 128 valence electrons. The third-order valence-corrected chi connectivity index (χ3v) is 4.58. The lowest BCUT2D eigenvalue weighted by Gasteiger charge is -2.14. The van der Waals surface area contributed by atoms with Crippen LogP contribution in [-0.4, -0.2) is 21.4 Å². The molecule has 0 bridgehead atoms. The molecule has 0 unspecified atom stereocenters. The minimum Gasteiger partial charge on any atom is -0.495 e. The minimum atomic E-state index is -4.21. The maximum Gasteiger partial charge on any atom is 0.264 e. The summed E-state index contributed by atoms with van der Waals surface area (Å²) >= 11 is 5.63. The molecule has 2 rings (SSSR count). The highest BCUT2D eigenvalue weighted by molar-refractivity contribution is 7.92. The Hall–Kier alpha value is -2.32. The lowest BCUT2D eigenvalue weighted by atomic mass is 10.2. The van der Waals surface area contributed by atoms with E-state index < -0.39 is 20.7 Å². The van der Waals surface area contributed by atoms with Crippen molar-refractivity contribution in [2.45, 2.75) is 11.8 Å². The van der Waals surface area contributed by atoms with Gasteiger partial charge in [0.1, 0.15) is 16.5 Å². The number of nitrogens with one attached hydrogen (secondary N) is 2. The quantitative estimate of drug-likeness (QED) is 0.843. The van der Waals surface area contributed by atoms with Crippen molar-refractivity contribution in [1.29, 1.82) is 0 Å². The molecule has 0 aliphatic heterocycles. The second-order valence-electron chi connectivity index (χ2n) is 4.78. The molecule has 9 heteroatoms. The molecule has 0 saturated heterocycles. The van der Waals surface area contributed by atoms with Crippen LogP contribution in [0.2, 0.25) is 5.02 Å². The van der Waals surface area contributed by atoms with E-state index >= 15 is 0 Å². The molecule has 2 N–H and O–H groups in total.